The van der Waals surface area contributed by atoms with Crippen molar-refractivity contribution in [3.05, 3.63) is 40.1 Å². The number of nitrogens with one attached hydrogen (secondary N) is 2. The van der Waals surface area contributed by atoms with Crippen molar-refractivity contribution in [3.63, 3.8) is 0 Å². The molecule has 2 rings (SSSR count). The highest BCUT2D eigenvalue weighted by atomic mass is 32.1. The summed E-state index contributed by atoms with van der Waals surface area (Å²) in [5.74, 6) is 1.47. The first-order chi connectivity index (χ1) is 12.1. The highest BCUT2D eigenvalue weighted by molar-refractivity contribution is 7.10. The number of nitrogens with zero attached hydrogens (tertiary/aromatic N) is 1. The lowest BCUT2D eigenvalue weighted by molar-refractivity contribution is 0.339. The molecule has 0 spiro atoms. The highest BCUT2D eigenvalue weighted by Crippen LogP contribution is 2.37. The van der Waals surface area contributed by atoms with Crippen LogP contribution >= 0.6 is 11.3 Å². The molecule has 1 atom stereocenters. The van der Waals surface area contributed by atoms with Crippen LogP contribution in [0.1, 0.15) is 30.3 Å². The third-order valence-corrected chi connectivity index (χ3v) is 4.68. The van der Waals surface area contributed by atoms with Crippen LogP contribution in [0.15, 0.2) is 34.6 Å². The van der Waals surface area contributed by atoms with E-state index in [2.05, 4.69) is 34.0 Å². The van der Waals surface area contributed by atoms with Gasteiger partial charge in [-0.1, -0.05) is 6.07 Å². The van der Waals surface area contributed by atoms with Crippen molar-refractivity contribution in [2.24, 2.45) is 4.99 Å². The Morgan fingerprint density at radius 3 is 2.48 bits per heavy atom. The molecule has 0 bridgehead atoms. The largest absolute Gasteiger partial charge is 0.502 e. The Bertz CT molecular complexity index is 677. The Hall–Kier alpha value is -2.41. The maximum atomic E-state index is 9.99. The second kappa shape index (κ2) is 9.17. The van der Waals surface area contributed by atoms with Gasteiger partial charge in [0.05, 0.1) is 26.8 Å². The number of hydrogen-bond acceptors (Lipinski definition) is 5. The first-order valence-corrected chi connectivity index (χ1v) is 8.99. The number of phenols is 1. The summed E-state index contributed by atoms with van der Waals surface area (Å²) in [6.45, 7) is 5.33. The van der Waals surface area contributed by atoms with E-state index in [0.29, 0.717) is 18.0 Å². The second-order valence-electron chi connectivity index (χ2n) is 5.43. The molecule has 1 aromatic heterocycles. The maximum Gasteiger partial charge on any atom is 0.200 e. The second-order valence-corrected chi connectivity index (χ2v) is 6.40. The molecule has 0 aliphatic carbocycles. The van der Waals surface area contributed by atoms with Crippen LogP contribution in [0.4, 0.5) is 0 Å². The van der Waals surface area contributed by atoms with E-state index in [9.17, 15) is 5.11 Å². The molecule has 0 radical (unpaired) electrons. The third-order valence-electron chi connectivity index (χ3n) is 3.63. The minimum Gasteiger partial charge on any atom is -0.502 e. The molecule has 1 unspecified atom stereocenters. The average molecular weight is 363 g/mol. The molecule has 25 heavy (non-hydrogen) atoms. The Morgan fingerprint density at radius 2 is 1.96 bits per heavy atom. The van der Waals surface area contributed by atoms with Crippen LogP contribution < -0.4 is 20.1 Å². The van der Waals surface area contributed by atoms with Crippen LogP contribution in [-0.4, -0.2) is 31.8 Å². The number of benzene rings is 1. The minimum absolute atomic E-state index is 0.00548. The Balaban J connectivity index is 2.15. The number of guanidine groups is 1. The van der Waals surface area contributed by atoms with E-state index in [-0.39, 0.29) is 11.8 Å². The quantitative estimate of drug-likeness (QED) is 0.520. The van der Waals surface area contributed by atoms with Gasteiger partial charge in [-0.25, -0.2) is 4.99 Å². The lowest BCUT2D eigenvalue weighted by Crippen LogP contribution is -2.38. The molecule has 1 heterocycles. The molecule has 0 aliphatic heterocycles. The zero-order valence-electron chi connectivity index (χ0n) is 15.0. The number of aliphatic imine (C=N–C) groups is 1. The van der Waals surface area contributed by atoms with E-state index in [1.165, 1.54) is 19.1 Å². The number of aromatic hydroxyl groups is 1. The number of rotatable bonds is 7. The molecule has 136 valence electrons. The van der Waals surface area contributed by atoms with Gasteiger partial charge in [-0.2, -0.15) is 0 Å². The van der Waals surface area contributed by atoms with Gasteiger partial charge in [-0.05, 0) is 43.0 Å². The standard InChI is InChI=1S/C18H25N3O3S/c1-5-19-18(21-12(2)16-7-6-8-25-16)20-11-13-9-14(23-3)17(22)15(10-13)24-4/h6-10,12,22H,5,11H2,1-4H3,(H2,19,20,21). The van der Waals surface area contributed by atoms with Gasteiger partial charge in [-0.3, -0.25) is 0 Å². The maximum absolute atomic E-state index is 9.99. The summed E-state index contributed by atoms with van der Waals surface area (Å²) in [5, 5.41) is 18.7. The summed E-state index contributed by atoms with van der Waals surface area (Å²) in [6, 6.07) is 7.82. The van der Waals surface area contributed by atoms with Crippen LogP contribution in [0.25, 0.3) is 0 Å². The van der Waals surface area contributed by atoms with Crippen LogP contribution in [0.5, 0.6) is 17.2 Å². The van der Waals surface area contributed by atoms with Crippen molar-refractivity contribution < 1.29 is 14.6 Å². The zero-order chi connectivity index (χ0) is 18.2. The summed E-state index contributed by atoms with van der Waals surface area (Å²) in [7, 11) is 3.02. The topological polar surface area (TPSA) is 75.1 Å². The molecule has 7 heteroatoms. The van der Waals surface area contributed by atoms with Gasteiger partial charge in [0.2, 0.25) is 5.75 Å². The minimum atomic E-state index is -0.00548. The molecule has 0 saturated carbocycles. The predicted octanol–water partition coefficient (Wildman–Crippen LogP) is 3.29. The van der Waals surface area contributed by atoms with Crippen molar-refractivity contribution in [2.75, 3.05) is 20.8 Å². The van der Waals surface area contributed by atoms with E-state index < -0.39 is 0 Å². The number of phenolic OH excluding ortho intramolecular Hbond substituents is 1. The number of thiophene rings is 1. The smallest absolute Gasteiger partial charge is 0.200 e. The van der Waals surface area contributed by atoms with Gasteiger partial charge in [0.1, 0.15) is 0 Å². The summed E-state index contributed by atoms with van der Waals surface area (Å²) in [4.78, 5) is 5.87. The van der Waals surface area contributed by atoms with E-state index in [1.807, 2.05) is 13.0 Å². The number of hydrogen-bond donors (Lipinski definition) is 3. The molecular weight excluding hydrogens is 338 g/mol. The fraction of sp³-hybridized carbons (Fsp3) is 0.389. The van der Waals surface area contributed by atoms with Crippen LogP contribution in [0, 0.1) is 0 Å². The molecule has 0 amide bonds. The fourth-order valence-electron chi connectivity index (χ4n) is 2.34. The van der Waals surface area contributed by atoms with Crippen LogP contribution in [-0.2, 0) is 6.54 Å². The lowest BCUT2D eigenvalue weighted by Gasteiger charge is -2.17. The molecule has 0 saturated heterocycles. The summed E-state index contributed by atoms with van der Waals surface area (Å²) < 4.78 is 10.4. The summed E-state index contributed by atoms with van der Waals surface area (Å²) in [6.07, 6.45) is 0. The SMILES string of the molecule is CCNC(=NCc1cc(OC)c(O)c(OC)c1)NC(C)c1cccs1. The van der Waals surface area contributed by atoms with Crippen LogP contribution in [0.2, 0.25) is 0 Å². The molecule has 0 aliphatic rings. The Morgan fingerprint density at radius 1 is 1.28 bits per heavy atom. The van der Waals surface area contributed by atoms with E-state index in [0.717, 1.165) is 18.1 Å². The Labute approximate surface area is 152 Å². The molecule has 1 aromatic carbocycles. The van der Waals surface area contributed by atoms with Crippen molar-refractivity contribution in [3.8, 4) is 17.2 Å². The molecule has 3 N–H and O–H groups in total. The van der Waals surface area contributed by atoms with E-state index in [4.69, 9.17) is 9.47 Å². The first-order valence-electron chi connectivity index (χ1n) is 8.11. The highest BCUT2D eigenvalue weighted by Gasteiger charge is 2.12. The fourth-order valence-corrected chi connectivity index (χ4v) is 3.08. The number of methoxy groups -OCH3 is 2. The van der Waals surface area contributed by atoms with Gasteiger partial charge in [-0.15, -0.1) is 11.3 Å². The molecule has 2 aromatic rings. The molecule has 6 nitrogen and oxygen atoms in total. The Kier molecular flexibility index (Phi) is 6.94. The lowest BCUT2D eigenvalue weighted by atomic mass is 10.2. The van der Waals surface area contributed by atoms with Crippen molar-refractivity contribution >= 4 is 17.3 Å². The third kappa shape index (κ3) is 5.03. The van der Waals surface area contributed by atoms with Crippen molar-refractivity contribution in [1.29, 1.82) is 0 Å². The van der Waals surface area contributed by atoms with Gasteiger partial charge in [0.15, 0.2) is 17.5 Å². The normalized spacial score (nSPS) is 12.6. The van der Waals surface area contributed by atoms with Crippen LogP contribution in [0.3, 0.4) is 0 Å². The monoisotopic (exact) mass is 363 g/mol. The van der Waals surface area contributed by atoms with Crippen molar-refractivity contribution in [2.45, 2.75) is 26.4 Å². The summed E-state index contributed by atoms with van der Waals surface area (Å²) in [5.41, 5.74) is 0.882. The predicted molar refractivity (Wildman–Crippen MR) is 102 cm³/mol. The van der Waals surface area contributed by atoms with E-state index in [1.54, 1.807) is 23.5 Å². The summed E-state index contributed by atoms with van der Waals surface area (Å²) >= 11 is 1.71. The van der Waals surface area contributed by atoms with Gasteiger partial charge < -0.3 is 25.2 Å². The van der Waals surface area contributed by atoms with Crippen molar-refractivity contribution in [1.82, 2.24) is 10.6 Å². The van der Waals surface area contributed by atoms with Gasteiger partial charge in [0, 0.05) is 11.4 Å². The van der Waals surface area contributed by atoms with Gasteiger partial charge in [0.25, 0.3) is 0 Å². The molecule has 0 fully saturated rings. The zero-order valence-corrected chi connectivity index (χ0v) is 15.8. The number of ether oxygens (including phenoxy) is 2. The first kappa shape index (κ1) is 18.9. The van der Waals surface area contributed by atoms with E-state index >= 15 is 0 Å². The van der Waals surface area contributed by atoms with Gasteiger partial charge >= 0.3 is 0 Å². The molecular formula is C18H25N3O3S. The average Bonchev–Trinajstić information content (AvgIpc) is 3.15.